The van der Waals surface area contributed by atoms with Crippen molar-refractivity contribution in [2.75, 3.05) is 14.2 Å². The summed E-state index contributed by atoms with van der Waals surface area (Å²) >= 11 is 4.44. The Labute approximate surface area is 101 Å². The van der Waals surface area contributed by atoms with Crippen molar-refractivity contribution in [1.82, 2.24) is 0 Å². The van der Waals surface area contributed by atoms with E-state index >= 15 is 0 Å². The van der Waals surface area contributed by atoms with Crippen molar-refractivity contribution in [2.45, 2.75) is 43.3 Å². The van der Waals surface area contributed by atoms with E-state index in [0.717, 1.165) is 12.8 Å². The Kier molecular flexibility index (Phi) is 5.63. The fourth-order valence-corrected chi connectivity index (χ4v) is 3.24. The van der Waals surface area contributed by atoms with Crippen LogP contribution in [0.1, 0.15) is 32.1 Å². The van der Waals surface area contributed by atoms with Crippen LogP contribution in [-0.2, 0) is 13.9 Å². The normalized spacial score (nSPS) is 21.8. The molecule has 90 valence electrons. The lowest BCUT2D eigenvalue weighted by Gasteiger charge is -2.43. The largest absolute Gasteiger partial charge is 0.412 e. The Hall–Kier alpha value is 0.447. The van der Waals surface area contributed by atoms with Crippen LogP contribution in [0.25, 0.3) is 0 Å². The Balaban J connectivity index is 2.77. The molecule has 1 saturated carbocycles. The van der Waals surface area contributed by atoms with Gasteiger partial charge in [-0.1, -0.05) is 19.3 Å². The number of thiol groups is 1. The Morgan fingerprint density at radius 3 is 2.13 bits per heavy atom. The quantitative estimate of drug-likeness (QED) is 0.450. The summed E-state index contributed by atoms with van der Waals surface area (Å²) in [6, 6.07) is 0. The van der Waals surface area contributed by atoms with Crippen LogP contribution in [0, 0.1) is 5.92 Å². The van der Waals surface area contributed by atoms with Crippen LogP contribution in [-0.4, -0.2) is 35.9 Å². The molecule has 0 aromatic rings. The first-order valence-corrected chi connectivity index (χ1v) is 6.85. The van der Waals surface area contributed by atoms with Crippen LogP contribution in [0.3, 0.4) is 0 Å². The van der Waals surface area contributed by atoms with Crippen molar-refractivity contribution in [3.63, 3.8) is 0 Å². The van der Waals surface area contributed by atoms with Gasteiger partial charge in [-0.25, -0.2) is 0 Å². The minimum Gasteiger partial charge on any atom is -0.412 e. The van der Waals surface area contributed by atoms with E-state index in [0.29, 0.717) is 16.4 Å². The summed E-state index contributed by atoms with van der Waals surface area (Å²) < 4.78 is 16.6. The Bertz CT molecular complexity index is 182. The maximum absolute atomic E-state index is 5.58. The highest BCUT2D eigenvalue weighted by atomic mass is 32.1. The van der Waals surface area contributed by atoms with Gasteiger partial charge in [0.1, 0.15) is 15.9 Å². The monoisotopic (exact) mass is 250 g/mol. The first-order chi connectivity index (χ1) is 7.21. The summed E-state index contributed by atoms with van der Waals surface area (Å²) in [5.74, 6) is -0.261. The third-order valence-corrected chi connectivity index (χ3v) is 4.82. The fourth-order valence-electron chi connectivity index (χ4n) is 2.49. The molecule has 15 heavy (non-hydrogen) atoms. The van der Waals surface area contributed by atoms with E-state index in [9.17, 15) is 0 Å². The molecule has 0 spiro atoms. The fraction of sp³-hybridized carbons (Fsp3) is 1.00. The van der Waals surface area contributed by atoms with E-state index in [1.807, 2.05) is 0 Å². The summed E-state index contributed by atoms with van der Waals surface area (Å²) in [7, 11) is 4.01. The first kappa shape index (κ1) is 13.5. The molecule has 1 fully saturated rings. The van der Waals surface area contributed by atoms with E-state index in [1.54, 1.807) is 14.2 Å². The predicted molar refractivity (Wildman–Crippen MR) is 67.1 cm³/mol. The second-order valence-corrected chi connectivity index (χ2v) is 4.99. The molecule has 0 bridgehead atoms. The molecule has 0 heterocycles. The van der Waals surface area contributed by atoms with Crippen LogP contribution in [0.5, 0.6) is 0 Å². The molecule has 1 unspecified atom stereocenters. The molecule has 0 N–H and O–H groups in total. The summed E-state index contributed by atoms with van der Waals surface area (Å²) in [5.41, 5.74) is -0.276. The molecule has 0 saturated heterocycles. The van der Waals surface area contributed by atoms with Gasteiger partial charge in [0.15, 0.2) is 0 Å². The molecule has 0 aromatic carbocycles. The molecule has 0 aromatic heterocycles. The van der Waals surface area contributed by atoms with Crippen LogP contribution in [0.15, 0.2) is 0 Å². The third kappa shape index (κ3) is 2.77. The van der Waals surface area contributed by atoms with Crippen molar-refractivity contribution in [3.05, 3.63) is 0 Å². The van der Waals surface area contributed by atoms with Gasteiger partial charge in [0.25, 0.3) is 0 Å². The Morgan fingerprint density at radius 2 is 1.73 bits per heavy atom. The minimum absolute atomic E-state index is 0.276. The second kappa shape index (κ2) is 6.25. The lowest BCUT2D eigenvalue weighted by Crippen LogP contribution is -2.51. The predicted octanol–water partition coefficient (Wildman–Crippen LogP) is 1.11. The smallest absolute Gasteiger partial charge is 0.205 e. The van der Waals surface area contributed by atoms with Crippen LogP contribution < -0.4 is 0 Å². The lowest BCUT2D eigenvalue weighted by atomic mass is 9.83. The molecular weight excluding hydrogens is 228 g/mol. The van der Waals surface area contributed by atoms with Crippen LogP contribution >= 0.6 is 12.6 Å². The van der Waals surface area contributed by atoms with Crippen molar-refractivity contribution in [2.24, 2.45) is 5.92 Å². The van der Waals surface area contributed by atoms with Crippen molar-refractivity contribution < 1.29 is 13.9 Å². The highest BCUT2D eigenvalue weighted by molar-refractivity contribution is 7.80. The van der Waals surface area contributed by atoms with E-state index in [4.69, 9.17) is 13.9 Å². The van der Waals surface area contributed by atoms with Crippen LogP contribution in [0.2, 0.25) is 0 Å². The molecule has 0 amide bonds. The van der Waals surface area contributed by atoms with Crippen molar-refractivity contribution in [1.29, 1.82) is 0 Å². The number of hydrogen-bond donors (Lipinski definition) is 1. The minimum atomic E-state index is -0.661. The van der Waals surface area contributed by atoms with Gasteiger partial charge < -0.3 is 13.9 Å². The maximum Gasteiger partial charge on any atom is 0.205 e. The van der Waals surface area contributed by atoms with Gasteiger partial charge in [-0.3, -0.25) is 0 Å². The van der Waals surface area contributed by atoms with E-state index in [-0.39, 0.29) is 5.44 Å². The number of hydrogen-bond acceptors (Lipinski definition) is 4. The highest BCUT2D eigenvalue weighted by Crippen LogP contribution is 2.39. The molecule has 3 nitrogen and oxygen atoms in total. The molecule has 1 aliphatic rings. The third-order valence-electron chi connectivity index (χ3n) is 3.38. The van der Waals surface area contributed by atoms with E-state index in [1.165, 1.54) is 19.3 Å². The number of methoxy groups -OCH3 is 2. The zero-order valence-electron chi connectivity index (χ0n) is 9.86. The van der Waals surface area contributed by atoms with Crippen LogP contribution in [0.4, 0.5) is 0 Å². The van der Waals surface area contributed by atoms with Crippen molar-refractivity contribution in [3.8, 4) is 0 Å². The summed E-state index contributed by atoms with van der Waals surface area (Å²) in [6.45, 7) is 0. The SMILES string of the molecule is COC(OC)(C1CCCCC1)C(S)O[SiH3]. The topological polar surface area (TPSA) is 27.7 Å². The molecule has 1 aliphatic carbocycles. The average molecular weight is 250 g/mol. The zero-order valence-corrected chi connectivity index (χ0v) is 12.8. The summed E-state index contributed by atoms with van der Waals surface area (Å²) in [6.07, 6.45) is 6.11. The second-order valence-electron chi connectivity index (χ2n) is 4.05. The highest BCUT2D eigenvalue weighted by Gasteiger charge is 2.45. The molecule has 0 aliphatic heterocycles. The zero-order chi connectivity index (χ0) is 11.3. The van der Waals surface area contributed by atoms with Gasteiger partial charge in [0, 0.05) is 20.1 Å². The molecule has 5 heteroatoms. The van der Waals surface area contributed by atoms with Gasteiger partial charge in [0.05, 0.1) is 0 Å². The van der Waals surface area contributed by atoms with Gasteiger partial charge in [0.2, 0.25) is 5.79 Å². The molecular formula is C10H22O3SSi. The van der Waals surface area contributed by atoms with E-state index < -0.39 is 5.79 Å². The van der Waals surface area contributed by atoms with Gasteiger partial charge in [-0.2, -0.15) is 0 Å². The Morgan fingerprint density at radius 1 is 1.20 bits per heavy atom. The molecule has 1 rings (SSSR count). The first-order valence-electron chi connectivity index (χ1n) is 5.52. The van der Waals surface area contributed by atoms with E-state index in [2.05, 4.69) is 12.6 Å². The summed E-state index contributed by atoms with van der Waals surface area (Å²) in [5, 5.41) is 0. The van der Waals surface area contributed by atoms with Gasteiger partial charge >= 0.3 is 0 Å². The number of rotatable bonds is 5. The lowest BCUT2D eigenvalue weighted by molar-refractivity contribution is -0.266. The maximum atomic E-state index is 5.58. The van der Waals surface area contributed by atoms with Crippen molar-refractivity contribution >= 4 is 23.1 Å². The van der Waals surface area contributed by atoms with Gasteiger partial charge in [-0.05, 0) is 12.8 Å². The molecule has 0 radical (unpaired) electrons. The number of ether oxygens (including phenoxy) is 2. The molecule has 1 atom stereocenters. The average Bonchev–Trinajstić information content (AvgIpc) is 2.32. The van der Waals surface area contributed by atoms with Gasteiger partial charge in [-0.15, -0.1) is 12.6 Å². The summed E-state index contributed by atoms with van der Waals surface area (Å²) in [4.78, 5) is 0. The standard InChI is InChI=1S/C10H22O3SSi/c1-11-10(12-2,9(14)13-15)8-6-4-3-5-7-8/h8-9,14H,3-7H2,1-2,15H3.